The number of carbonyl (C=O) groups excluding carboxylic acids is 1. The van der Waals surface area contributed by atoms with Crippen molar-refractivity contribution >= 4 is 39.0 Å². The lowest BCUT2D eigenvalue weighted by Gasteiger charge is -2.22. The Morgan fingerprint density at radius 1 is 1.28 bits per heavy atom. The molecule has 3 N–H and O–H groups in total. The highest BCUT2D eigenvalue weighted by atomic mass is 32.2. The summed E-state index contributed by atoms with van der Waals surface area (Å²) < 4.78 is 34.3. The Morgan fingerprint density at radius 2 is 2.08 bits per heavy atom. The van der Waals surface area contributed by atoms with Crippen LogP contribution in [0.15, 0.2) is 46.5 Å². The largest absolute Gasteiger partial charge is 0.444 e. The molecule has 36 heavy (non-hydrogen) atoms. The van der Waals surface area contributed by atoms with Gasteiger partial charge >= 0.3 is 6.09 Å². The molecule has 1 unspecified atom stereocenters. The molecule has 1 aliphatic rings. The quantitative estimate of drug-likeness (QED) is 0.227. The topological polar surface area (TPSA) is 129 Å². The van der Waals surface area contributed by atoms with Crippen molar-refractivity contribution in [3.63, 3.8) is 0 Å². The molecule has 10 nitrogen and oxygen atoms in total. The van der Waals surface area contributed by atoms with Crippen LogP contribution in [0.3, 0.4) is 0 Å². The normalized spacial score (nSPS) is 16.9. The first kappa shape index (κ1) is 26.4. The number of aromatic amines is 1. The zero-order valence-electron chi connectivity index (χ0n) is 20.9. The maximum absolute atomic E-state index is 13.4. The van der Waals surface area contributed by atoms with Gasteiger partial charge in [-0.25, -0.2) is 27.5 Å². The number of aromatic nitrogens is 3. The van der Waals surface area contributed by atoms with Gasteiger partial charge in [-0.05, 0) is 57.9 Å². The van der Waals surface area contributed by atoms with Gasteiger partial charge in [-0.15, -0.1) is 0 Å². The number of rotatable bonds is 8. The Kier molecular flexibility index (Phi) is 7.88. The monoisotopic (exact) mass is 532 g/mol. The molecular formula is C24H32N6O4S2. The number of aryl methyl sites for hydroxylation is 1. The minimum absolute atomic E-state index is 0.0280. The zero-order valence-corrected chi connectivity index (χ0v) is 22.5. The molecule has 12 heteroatoms. The zero-order chi connectivity index (χ0) is 25.9. The van der Waals surface area contributed by atoms with E-state index in [2.05, 4.69) is 29.9 Å². The van der Waals surface area contributed by atoms with Gasteiger partial charge in [-0.2, -0.15) is 0 Å². The molecule has 4 rings (SSSR count). The van der Waals surface area contributed by atoms with Crippen LogP contribution in [0.1, 0.15) is 38.4 Å². The highest BCUT2D eigenvalue weighted by molar-refractivity contribution is 7.96. The second-order valence-corrected chi connectivity index (χ2v) is 12.7. The lowest BCUT2D eigenvalue weighted by molar-refractivity contribution is 0.0507. The van der Waals surface area contributed by atoms with Gasteiger partial charge in [-0.3, -0.25) is 0 Å². The summed E-state index contributed by atoms with van der Waals surface area (Å²) in [4.78, 5) is 24.1. The van der Waals surface area contributed by atoms with E-state index < -0.39 is 21.5 Å². The molecule has 1 fully saturated rings. The van der Waals surface area contributed by atoms with Crippen molar-refractivity contribution < 1.29 is 17.9 Å². The standard InChI is InChI=1S/C24H32N6O4S2/c1-16-6-5-7-18(12-16)36(32,33)22-20(28-19-8-10-26-21(19)29-22)13-25-15-35-30-11-9-17(14-30)27-23(31)34-24(2,3)4/h5-8,10,12,17,25H,9,11,13-15H2,1-4H3,(H,26,29)(H,27,31). The Hall–Kier alpha value is -2.67. The van der Waals surface area contributed by atoms with E-state index in [4.69, 9.17) is 4.74 Å². The van der Waals surface area contributed by atoms with Crippen molar-refractivity contribution in [2.24, 2.45) is 0 Å². The summed E-state index contributed by atoms with van der Waals surface area (Å²) in [6, 6.07) is 8.58. The smallest absolute Gasteiger partial charge is 0.407 e. The molecule has 1 saturated heterocycles. The first-order chi connectivity index (χ1) is 17.0. The molecule has 0 aliphatic carbocycles. The van der Waals surface area contributed by atoms with Gasteiger partial charge in [0.15, 0.2) is 10.7 Å². The molecular weight excluding hydrogens is 500 g/mol. The van der Waals surface area contributed by atoms with Crippen LogP contribution in [0.2, 0.25) is 0 Å². The number of ether oxygens (including phenoxy) is 1. The molecule has 1 atom stereocenters. The van der Waals surface area contributed by atoms with Crippen molar-refractivity contribution in [2.45, 2.75) is 62.2 Å². The van der Waals surface area contributed by atoms with Gasteiger partial charge in [0.1, 0.15) is 11.1 Å². The predicted octanol–water partition coefficient (Wildman–Crippen LogP) is 3.39. The number of H-pyrrole nitrogens is 1. The molecule has 0 bridgehead atoms. The Morgan fingerprint density at radius 3 is 2.83 bits per heavy atom. The number of nitrogens with zero attached hydrogens (tertiary/aromatic N) is 3. The van der Waals surface area contributed by atoms with Crippen molar-refractivity contribution in [3.8, 4) is 0 Å². The number of nitrogens with one attached hydrogen (secondary N) is 3. The maximum atomic E-state index is 13.4. The summed E-state index contributed by atoms with van der Waals surface area (Å²) in [5, 5.41) is 6.14. The molecule has 2 aromatic heterocycles. The molecule has 1 aromatic carbocycles. The predicted molar refractivity (Wildman–Crippen MR) is 139 cm³/mol. The lowest BCUT2D eigenvalue weighted by atomic mass is 10.2. The van der Waals surface area contributed by atoms with Crippen LogP contribution in [-0.4, -0.2) is 64.4 Å². The summed E-state index contributed by atoms with van der Waals surface area (Å²) >= 11 is 1.59. The summed E-state index contributed by atoms with van der Waals surface area (Å²) in [6.07, 6.45) is 2.12. The summed E-state index contributed by atoms with van der Waals surface area (Å²) in [7, 11) is -3.85. The van der Waals surface area contributed by atoms with E-state index in [1.165, 1.54) is 0 Å². The second kappa shape index (κ2) is 10.8. The SMILES string of the molecule is Cc1cccc(S(=O)(=O)c2nc3[nH]ccc3nc2CNCSN2CCC(NC(=O)OC(C)(C)C)C2)c1. The van der Waals surface area contributed by atoms with Crippen LogP contribution in [0.25, 0.3) is 11.2 Å². The highest BCUT2D eigenvalue weighted by Gasteiger charge is 2.27. The third-order valence-electron chi connectivity index (χ3n) is 5.49. The van der Waals surface area contributed by atoms with Gasteiger partial charge in [0.2, 0.25) is 9.84 Å². The maximum Gasteiger partial charge on any atom is 0.407 e. The average Bonchev–Trinajstić information content (AvgIpc) is 3.43. The molecule has 1 amide bonds. The van der Waals surface area contributed by atoms with Crippen molar-refractivity contribution in [1.29, 1.82) is 0 Å². The number of fused-ring (bicyclic) bond motifs is 1. The van der Waals surface area contributed by atoms with Gasteiger partial charge in [-0.1, -0.05) is 24.1 Å². The fraction of sp³-hybridized carbons (Fsp3) is 0.458. The third-order valence-corrected chi connectivity index (χ3v) is 8.23. The summed E-state index contributed by atoms with van der Waals surface area (Å²) in [6.45, 7) is 9.14. The average molecular weight is 533 g/mol. The van der Waals surface area contributed by atoms with Gasteiger partial charge in [0.25, 0.3) is 0 Å². The van der Waals surface area contributed by atoms with E-state index in [0.717, 1.165) is 18.5 Å². The fourth-order valence-corrected chi connectivity index (χ4v) is 6.22. The minimum atomic E-state index is -3.85. The van der Waals surface area contributed by atoms with E-state index >= 15 is 0 Å². The molecule has 1 aliphatic heterocycles. The van der Waals surface area contributed by atoms with Crippen LogP contribution >= 0.6 is 11.9 Å². The number of hydrogen-bond donors (Lipinski definition) is 3. The first-order valence-electron chi connectivity index (χ1n) is 11.7. The van der Waals surface area contributed by atoms with Gasteiger partial charge in [0.05, 0.1) is 16.5 Å². The number of amides is 1. The van der Waals surface area contributed by atoms with Crippen molar-refractivity contribution in [2.75, 3.05) is 19.0 Å². The highest BCUT2D eigenvalue weighted by Crippen LogP contribution is 2.25. The number of benzene rings is 1. The van der Waals surface area contributed by atoms with Gasteiger partial charge < -0.3 is 20.4 Å². The van der Waals surface area contributed by atoms with Crippen LogP contribution < -0.4 is 10.6 Å². The van der Waals surface area contributed by atoms with Gasteiger partial charge in [0, 0.05) is 31.9 Å². The molecule has 0 spiro atoms. The summed E-state index contributed by atoms with van der Waals surface area (Å²) in [5.74, 6) is 0.552. The van der Waals surface area contributed by atoms with E-state index in [1.54, 1.807) is 42.4 Å². The number of alkyl carbamates (subject to hydrolysis) is 1. The second-order valence-electron chi connectivity index (χ2n) is 9.73. The molecule has 3 aromatic rings. The van der Waals surface area contributed by atoms with Crippen LogP contribution in [0, 0.1) is 6.92 Å². The third kappa shape index (κ3) is 6.55. The Labute approximate surface area is 215 Å². The van der Waals surface area contributed by atoms with E-state index in [9.17, 15) is 13.2 Å². The Bertz CT molecular complexity index is 1340. The van der Waals surface area contributed by atoms with Crippen LogP contribution in [0.5, 0.6) is 0 Å². The summed E-state index contributed by atoms with van der Waals surface area (Å²) in [5.41, 5.74) is 1.73. The van der Waals surface area contributed by atoms with E-state index in [0.29, 0.717) is 29.3 Å². The number of hydrogen-bond acceptors (Lipinski definition) is 9. The van der Waals surface area contributed by atoms with Crippen molar-refractivity contribution in [3.05, 3.63) is 47.8 Å². The molecule has 3 heterocycles. The molecule has 194 valence electrons. The van der Waals surface area contributed by atoms with Crippen LogP contribution in [0.4, 0.5) is 4.79 Å². The number of carbonyl (C=O) groups is 1. The van der Waals surface area contributed by atoms with E-state index in [-0.39, 0.29) is 22.5 Å². The van der Waals surface area contributed by atoms with E-state index in [1.807, 2.05) is 33.8 Å². The lowest BCUT2D eigenvalue weighted by Crippen LogP contribution is -2.40. The number of sulfone groups is 1. The molecule has 0 radical (unpaired) electrons. The molecule has 0 saturated carbocycles. The Balaban J connectivity index is 1.37. The first-order valence-corrected chi connectivity index (χ1v) is 14.2. The minimum Gasteiger partial charge on any atom is -0.444 e. The van der Waals surface area contributed by atoms with Crippen LogP contribution in [-0.2, 0) is 21.1 Å². The fourth-order valence-electron chi connectivity index (χ4n) is 3.86. The van der Waals surface area contributed by atoms with Crippen molar-refractivity contribution in [1.82, 2.24) is 29.9 Å².